The van der Waals surface area contributed by atoms with Crippen LogP contribution in [0.1, 0.15) is 42.0 Å². The maximum atomic E-state index is 11.2. The van der Waals surface area contributed by atoms with Crippen molar-refractivity contribution < 1.29 is 14.6 Å². The molecule has 3 aromatic rings. The van der Waals surface area contributed by atoms with Gasteiger partial charge in [-0.05, 0) is 49.4 Å². The molecule has 0 fully saturated rings. The molecule has 0 aliphatic heterocycles. The van der Waals surface area contributed by atoms with Crippen LogP contribution in [0.5, 0.6) is 5.75 Å². The van der Waals surface area contributed by atoms with E-state index in [2.05, 4.69) is 21.9 Å². The molecule has 0 radical (unpaired) electrons. The largest absolute Gasteiger partial charge is 0.488 e. The van der Waals surface area contributed by atoms with Crippen LogP contribution >= 0.6 is 11.3 Å². The highest BCUT2D eigenvalue weighted by Crippen LogP contribution is 2.27. The molecule has 6 nitrogen and oxygen atoms in total. The molecule has 1 unspecified atom stereocenters. The molecule has 1 N–H and O–H groups in total. The maximum absolute atomic E-state index is 11.2. The average molecular weight is 412 g/mol. The molecule has 0 saturated heterocycles. The summed E-state index contributed by atoms with van der Waals surface area (Å²) in [7, 11) is 0. The van der Waals surface area contributed by atoms with Gasteiger partial charge < -0.3 is 9.84 Å². The van der Waals surface area contributed by atoms with Crippen molar-refractivity contribution in [2.24, 2.45) is 5.92 Å². The summed E-state index contributed by atoms with van der Waals surface area (Å²) in [5, 5.41) is 9.99. The third-order valence-electron chi connectivity index (χ3n) is 4.81. The molecule has 0 spiro atoms. The van der Waals surface area contributed by atoms with Crippen molar-refractivity contribution in [2.45, 2.75) is 46.6 Å². The van der Waals surface area contributed by atoms with Gasteiger partial charge in [0.2, 0.25) is 0 Å². The minimum atomic E-state index is -0.752. The summed E-state index contributed by atoms with van der Waals surface area (Å²) in [6.07, 6.45) is 5.73. The fraction of sp³-hybridized carbons (Fsp3) is 0.364. The number of carboxylic acids is 1. The maximum Gasteiger partial charge on any atom is 0.306 e. The van der Waals surface area contributed by atoms with Gasteiger partial charge in [0.15, 0.2) is 10.8 Å². The van der Waals surface area contributed by atoms with E-state index in [1.165, 1.54) is 11.3 Å². The van der Waals surface area contributed by atoms with Crippen LogP contribution in [-0.4, -0.2) is 26.0 Å². The van der Waals surface area contributed by atoms with Crippen molar-refractivity contribution in [3.05, 3.63) is 58.4 Å². The number of hydrogen-bond donors (Lipinski definition) is 1. The van der Waals surface area contributed by atoms with Gasteiger partial charge >= 0.3 is 5.97 Å². The number of benzene rings is 1. The molecule has 2 heterocycles. The molecule has 1 atom stereocenters. The van der Waals surface area contributed by atoms with Crippen molar-refractivity contribution in [3.63, 3.8) is 0 Å². The quantitative estimate of drug-likeness (QED) is 0.549. The zero-order chi connectivity index (χ0) is 20.8. The number of rotatable bonds is 9. The van der Waals surface area contributed by atoms with Gasteiger partial charge in [-0.3, -0.25) is 4.79 Å². The number of aromatic nitrogens is 3. The molecule has 0 aliphatic rings. The molecule has 0 aliphatic carbocycles. The molecular weight excluding hydrogens is 386 g/mol. The lowest BCUT2D eigenvalue weighted by atomic mass is 9.97. The molecule has 1 aromatic carbocycles. The highest BCUT2D eigenvalue weighted by molar-refractivity contribution is 7.15. The van der Waals surface area contributed by atoms with E-state index in [0.29, 0.717) is 25.3 Å². The summed E-state index contributed by atoms with van der Waals surface area (Å²) in [6.45, 7) is 6.34. The molecule has 0 saturated carbocycles. The zero-order valence-electron chi connectivity index (χ0n) is 16.9. The van der Waals surface area contributed by atoms with Crippen molar-refractivity contribution >= 4 is 17.3 Å². The number of ether oxygens (including phenoxy) is 1. The van der Waals surface area contributed by atoms with E-state index in [1.54, 1.807) is 0 Å². The molecule has 0 amide bonds. The number of aliphatic carboxylic acids is 1. The van der Waals surface area contributed by atoms with E-state index in [9.17, 15) is 9.90 Å². The lowest BCUT2D eigenvalue weighted by molar-refractivity contribution is -0.141. The monoisotopic (exact) mass is 411 g/mol. The standard InChI is InChI=1S/C22H25N3O3S/c1-4-15-11-23-20(24-12-15)21-25-14(3)19(29-21)13-28-18-8-6-16(7-9-18)10-17(5-2)22(26)27/h6-9,11-12,17H,4-5,10,13H2,1-3H3,(H,26,27). The lowest BCUT2D eigenvalue weighted by Gasteiger charge is -2.10. The van der Waals surface area contributed by atoms with Crippen molar-refractivity contribution in [1.82, 2.24) is 15.0 Å². The van der Waals surface area contributed by atoms with Crippen LogP contribution in [0.3, 0.4) is 0 Å². The third kappa shape index (κ3) is 5.38. The highest BCUT2D eigenvalue weighted by atomic mass is 32.1. The van der Waals surface area contributed by atoms with Gasteiger partial charge in [0, 0.05) is 12.4 Å². The zero-order valence-corrected chi connectivity index (χ0v) is 17.7. The average Bonchev–Trinajstić information content (AvgIpc) is 3.11. The first-order valence-electron chi connectivity index (χ1n) is 9.72. The Kier molecular flexibility index (Phi) is 6.93. The van der Waals surface area contributed by atoms with E-state index >= 15 is 0 Å². The molecule has 29 heavy (non-hydrogen) atoms. The molecular formula is C22H25N3O3S. The second-order valence-corrected chi connectivity index (χ2v) is 7.96. The Hall–Kier alpha value is -2.80. The first kappa shape index (κ1) is 20.9. The summed E-state index contributed by atoms with van der Waals surface area (Å²) in [4.78, 5) is 25.6. The molecule has 7 heteroatoms. The Balaban J connectivity index is 1.62. The van der Waals surface area contributed by atoms with Gasteiger partial charge in [-0.25, -0.2) is 15.0 Å². The van der Waals surface area contributed by atoms with Crippen molar-refractivity contribution in [1.29, 1.82) is 0 Å². The third-order valence-corrected chi connectivity index (χ3v) is 5.94. The number of carboxylic acid groups (broad SMARTS) is 1. The molecule has 3 rings (SSSR count). The SMILES string of the molecule is CCc1cnc(-c2nc(C)c(COc3ccc(CC(CC)C(=O)O)cc3)s2)nc1. The van der Waals surface area contributed by atoms with Crippen LogP contribution in [0.25, 0.3) is 10.8 Å². The fourth-order valence-electron chi connectivity index (χ4n) is 2.87. The Morgan fingerprint density at radius 3 is 2.41 bits per heavy atom. The summed E-state index contributed by atoms with van der Waals surface area (Å²) in [5.41, 5.74) is 3.01. The van der Waals surface area contributed by atoms with Crippen molar-refractivity contribution in [3.8, 4) is 16.6 Å². The number of nitrogens with zero attached hydrogens (tertiary/aromatic N) is 3. The number of carbonyl (C=O) groups is 1. The topological polar surface area (TPSA) is 85.2 Å². The van der Waals surface area contributed by atoms with Gasteiger partial charge in [-0.1, -0.05) is 26.0 Å². The van der Waals surface area contributed by atoms with Gasteiger partial charge in [0.05, 0.1) is 16.5 Å². The van der Waals surface area contributed by atoms with Gasteiger partial charge in [0.1, 0.15) is 12.4 Å². The summed E-state index contributed by atoms with van der Waals surface area (Å²) in [6, 6.07) is 7.62. The van der Waals surface area contributed by atoms with E-state index < -0.39 is 5.97 Å². The molecule has 0 bridgehead atoms. The smallest absolute Gasteiger partial charge is 0.306 e. The lowest BCUT2D eigenvalue weighted by Crippen LogP contribution is -2.15. The first-order valence-corrected chi connectivity index (χ1v) is 10.5. The Morgan fingerprint density at radius 2 is 1.83 bits per heavy atom. The van der Waals surface area contributed by atoms with Gasteiger partial charge in [0.25, 0.3) is 0 Å². The second kappa shape index (κ2) is 9.60. The van der Waals surface area contributed by atoms with E-state index in [4.69, 9.17) is 4.74 Å². The summed E-state index contributed by atoms with van der Waals surface area (Å²) >= 11 is 1.54. The number of aryl methyl sites for hydroxylation is 2. The molecule has 2 aromatic heterocycles. The van der Waals surface area contributed by atoms with Crippen LogP contribution in [0.4, 0.5) is 0 Å². The minimum Gasteiger partial charge on any atom is -0.488 e. The summed E-state index contributed by atoms with van der Waals surface area (Å²) in [5.74, 6) is 0.274. The van der Waals surface area contributed by atoms with Crippen LogP contribution in [0, 0.1) is 12.8 Å². The Labute approximate surface area is 174 Å². The van der Waals surface area contributed by atoms with E-state index in [1.807, 2.05) is 50.5 Å². The van der Waals surface area contributed by atoms with E-state index in [0.717, 1.165) is 38.9 Å². The van der Waals surface area contributed by atoms with Crippen LogP contribution in [0.2, 0.25) is 0 Å². The predicted molar refractivity (Wildman–Crippen MR) is 113 cm³/mol. The van der Waals surface area contributed by atoms with Crippen LogP contribution in [0.15, 0.2) is 36.7 Å². The van der Waals surface area contributed by atoms with Gasteiger partial charge in [-0.15, -0.1) is 11.3 Å². The predicted octanol–water partition coefficient (Wildman–Crippen LogP) is 4.70. The fourth-order valence-corrected chi connectivity index (χ4v) is 3.79. The van der Waals surface area contributed by atoms with Crippen LogP contribution < -0.4 is 4.74 Å². The van der Waals surface area contributed by atoms with Crippen LogP contribution in [-0.2, 0) is 24.2 Å². The Bertz CT molecular complexity index is 952. The van der Waals surface area contributed by atoms with Crippen molar-refractivity contribution in [2.75, 3.05) is 0 Å². The highest BCUT2D eigenvalue weighted by Gasteiger charge is 2.16. The van der Waals surface area contributed by atoms with Gasteiger partial charge in [-0.2, -0.15) is 0 Å². The second-order valence-electron chi connectivity index (χ2n) is 6.88. The first-order chi connectivity index (χ1) is 14.0. The normalized spacial score (nSPS) is 12.0. The van der Waals surface area contributed by atoms with E-state index in [-0.39, 0.29) is 5.92 Å². The summed E-state index contributed by atoms with van der Waals surface area (Å²) < 4.78 is 5.91. The number of thiazole rings is 1. The minimum absolute atomic E-state index is 0.353. The Morgan fingerprint density at radius 1 is 1.14 bits per heavy atom. The molecule has 152 valence electrons. The number of hydrogen-bond acceptors (Lipinski definition) is 6.